The Labute approximate surface area is 502 Å². The zero-order valence-electron chi connectivity index (χ0n) is 53.5. The van der Waals surface area contributed by atoms with Gasteiger partial charge in [0.15, 0.2) is 6.10 Å². The molecule has 0 N–H and O–H groups in total. The molecule has 0 saturated carbocycles. The normalized spacial score (nSPS) is 12.7. The van der Waals surface area contributed by atoms with Gasteiger partial charge in [-0.3, -0.25) is 14.4 Å². The van der Waals surface area contributed by atoms with E-state index in [-0.39, 0.29) is 31.6 Å². The number of rotatable bonds is 63. The minimum atomic E-state index is -0.819. The predicted octanol–water partition coefficient (Wildman–Crippen LogP) is 24.0. The van der Waals surface area contributed by atoms with Gasteiger partial charge in [0.25, 0.3) is 0 Å². The molecule has 0 fully saturated rings. The summed E-state index contributed by atoms with van der Waals surface area (Å²) < 4.78 is 16.9. The zero-order chi connectivity index (χ0) is 58.5. The first-order chi connectivity index (χ1) is 40.0. The number of unbranched alkanes of at least 4 members (excludes halogenated alkanes) is 37. The van der Waals surface area contributed by atoms with Crippen LogP contribution in [0.15, 0.2) is 97.2 Å². The van der Waals surface area contributed by atoms with Crippen molar-refractivity contribution in [1.29, 1.82) is 0 Å². The second-order valence-corrected chi connectivity index (χ2v) is 23.1. The lowest BCUT2D eigenvalue weighted by Gasteiger charge is -2.18. The molecule has 0 heterocycles. The van der Waals surface area contributed by atoms with E-state index in [1.807, 2.05) is 6.08 Å². The minimum Gasteiger partial charge on any atom is -0.462 e. The summed E-state index contributed by atoms with van der Waals surface area (Å²) in [5, 5.41) is 0. The van der Waals surface area contributed by atoms with Gasteiger partial charge >= 0.3 is 17.9 Å². The molecule has 0 aliphatic rings. The molecule has 0 aliphatic heterocycles. The average Bonchev–Trinajstić information content (AvgIpc) is 3.47. The van der Waals surface area contributed by atoms with E-state index in [9.17, 15) is 14.4 Å². The highest BCUT2D eigenvalue weighted by molar-refractivity contribution is 5.72. The molecule has 0 spiro atoms. The Bertz CT molecular complexity index is 1580. The molecule has 0 aliphatic carbocycles. The van der Waals surface area contributed by atoms with Gasteiger partial charge in [0, 0.05) is 12.8 Å². The van der Waals surface area contributed by atoms with Crippen LogP contribution in [0.5, 0.6) is 0 Å². The fraction of sp³-hybridized carbons (Fsp3) is 0.747. The fourth-order valence-electron chi connectivity index (χ4n) is 9.94. The van der Waals surface area contributed by atoms with Crippen LogP contribution in [0.2, 0.25) is 0 Å². The van der Waals surface area contributed by atoms with Gasteiger partial charge in [0.2, 0.25) is 0 Å². The lowest BCUT2D eigenvalue weighted by Crippen LogP contribution is -2.30. The molecule has 6 nitrogen and oxygen atoms in total. The van der Waals surface area contributed by atoms with Crippen LogP contribution in [0.4, 0.5) is 0 Å². The Morgan fingerprint density at radius 1 is 0.272 bits per heavy atom. The molecular formula is C75H130O6. The third kappa shape index (κ3) is 67.0. The van der Waals surface area contributed by atoms with Gasteiger partial charge in [-0.1, -0.05) is 336 Å². The predicted molar refractivity (Wildman–Crippen MR) is 353 cm³/mol. The maximum Gasteiger partial charge on any atom is 0.309 e. The van der Waals surface area contributed by atoms with Gasteiger partial charge in [-0.2, -0.15) is 0 Å². The van der Waals surface area contributed by atoms with Crippen molar-refractivity contribution in [3.8, 4) is 0 Å². The highest BCUT2D eigenvalue weighted by atomic mass is 16.6. The van der Waals surface area contributed by atoms with Crippen molar-refractivity contribution >= 4 is 17.9 Å². The zero-order valence-corrected chi connectivity index (χ0v) is 53.5. The minimum absolute atomic E-state index is 0.106. The van der Waals surface area contributed by atoms with Gasteiger partial charge in [-0.15, -0.1) is 0 Å². The summed E-state index contributed by atoms with van der Waals surface area (Å²) in [5.41, 5.74) is 0. The Hall–Kier alpha value is -3.67. The van der Waals surface area contributed by atoms with E-state index in [1.165, 1.54) is 218 Å². The molecule has 6 heteroatoms. The number of hydrogen-bond donors (Lipinski definition) is 0. The third-order valence-corrected chi connectivity index (χ3v) is 15.1. The van der Waals surface area contributed by atoms with E-state index in [0.717, 1.165) is 83.5 Å². The molecule has 0 rings (SSSR count). The second kappa shape index (κ2) is 68.8. The van der Waals surface area contributed by atoms with Crippen molar-refractivity contribution in [2.45, 2.75) is 348 Å². The Morgan fingerprint density at radius 3 is 0.864 bits per heavy atom. The molecule has 0 aromatic carbocycles. The second-order valence-electron chi connectivity index (χ2n) is 23.1. The van der Waals surface area contributed by atoms with Gasteiger partial charge < -0.3 is 14.2 Å². The summed E-state index contributed by atoms with van der Waals surface area (Å²) in [6.45, 7) is 6.47. The number of hydrogen-bond acceptors (Lipinski definition) is 6. The summed E-state index contributed by atoms with van der Waals surface area (Å²) in [5.74, 6) is -1.03. The lowest BCUT2D eigenvalue weighted by molar-refractivity contribution is -0.166. The van der Waals surface area contributed by atoms with Crippen LogP contribution in [0.25, 0.3) is 0 Å². The van der Waals surface area contributed by atoms with Crippen molar-refractivity contribution in [2.24, 2.45) is 0 Å². The van der Waals surface area contributed by atoms with Crippen molar-refractivity contribution < 1.29 is 28.6 Å². The molecule has 0 aromatic heterocycles. The summed E-state index contributed by atoms with van der Waals surface area (Å²) in [4.78, 5) is 38.3. The maximum atomic E-state index is 12.9. The molecule has 466 valence electrons. The molecule has 0 saturated heterocycles. The topological polar surface area (TPSA) is 78.9 Å². The monoisotopic (exact) mass is 1130 g/mol. The van der Waals surface area contributed by atoms with Gasteiger partial charge in [-0.05, 0) is 83.5 Å². The van der Waals surface area contributed by atoms with Crippen molar-refractivity contribution in [1.82, 2.24) is 0 Å². The smallest absolute Gasteiger partial charge is 0.309 e. The molecular weight excluding hydrogens is 997 g/mol. The molecule has 0 amide bonds. The van der Waals surface area contributed by atoms with Crippen LogP contribution in [0, 0.1) is 0 Å². The number of esters is 3. The first kappa shape index (κ1) is 77.3. The van der Waals surface area contributed by atoms with E-state index in [4.69, 9.17) is 14.2 Å². The van der Waals surface area contributed by atoms with E-state index in [2.05, 4.69) is 106 Å². The fourth-order valence-corrected chi connectivity index (χ4v) is 9.94. The highest BCUT2D eigenvalue weighted by Crippen LogP contribution is 2.17. The molecule has 1 atom stereocenters. The van der Waals surface area contributed by atoms with Crippen LogP contribution >= 0.6 is 0 Å². The Balaban J connectivity index is 4.35. The van der Waals surface area contributed by atoms with E-state index in [1.54, 1.807) is 6.08 Å². The van der Waals surface area contributed by atoms with Crippen molar-refractivity contribution in [2.75, 3.05) is 13.2 Å². The van der Waals surface area contributed by atoms with E-state index < -0.39 is 12.1 Å². The van der Waals surface area contributed by atoms with Crippen LogP contribution in [0.3, 0.4) is 0 Å². The summed E-state index contributed by atoms with van der Waals surface area (Å²) in [6.07, 6.45) is 93.2. The average molecular weight is 1130 g/mol. The molecule has 0 bridgehead atoms. The number of allylic oxidation sites excluding steroid dienone is 15. The van der Waals surface area contributed by atoms with Crippen molar-refractivity contribution in [3.63, 3.8) is 0 Å². The third-order valence-electron chi connectivity index (χ3n) is 15.1. The molecule has 0 radical (unpaired) electrons. The molecule has 0 aromatic rings. The Kier molecular flexibility index (Phi) is 65.7. The van der Waals surface area contributed by atoms with Crippen LogP contribution in [-0.2, 0) is 28.6 Å². The quantitative estimate of drug-likeness (QED) is 0.0261. The Morgan fingerprint density at radius 2 is 0.531 bits per heavy atom. The highest BCUT2D eigenvalue weighted by Gasteiger charge is 2.19. The summed E-state index contributed by atoms with van der Waals surface area (Å²) in [6, 6.07) is 0. The lowest BCUT2D eigenvalue weighted by atomic mass is 10.0. The largest absolute Gasteiger partial charge is 0.462 e. The molecule has 1 unspecified atom stereocenters. The first-order valence-electron chi connectivity index (χ1n) is 34.7. The van der Waals surface area contributed by atoms with Gasteiger partial charge in [0.05, 0.1) is 6.42 Å². The first-order valence-corrected chi connectivity index (χ1v) is 34.7. The van der Waals surface area contributed by atoms with Crippen LogP contribution in [-0.4, -0.2) is 37.2 Å². The summed E-state index contributed by atoms with van der Waals surface area (Å²) in [7, 11) is 0. The van der Waals surface area contributed by atoms with E-state index in [0.29, 0.717) is 12.8 Å². The molecule has 81 heavy (non-hydrogen) atoms. The summed E-state index contributed by atoms with van der Waals surface area (Å²) >= 11 is 0. The maximum absolute atomic E-state index is 12.9. The number of ether oxygens (including phenoxy) is 3. The van der Waals surface area contributed by atoms with E-state index >= 15 is 0 Å². The van der Waals surface area contributed by atoms with Gasteiger partial charge in [0.1, 0.15) is 13.2 Å². The van der Waals surface area contributed by atoms with Crippen LogP contribution < -0.4 is 0 Å². The SMILES string of the molecule is CC/C=C\C/C=C\C/C=C\C/C=C\C/C=C\CC(=O)OCC(COC(=O)CCCCCCCCCCCCCC/C=C\C/C=C\C/C=C\CCCCCCC)OC(=O)CCCCCCCCCCCCCCCCCCCCCCC. The number of carbonyl (C=O) groups excluding carboxylic acids is 3. The van der Waals surface area contributed by atoms with Gasteiger partial charge in [-0.25, -0.2) is 0 Å². The van der Waals surface area contributed by atoms with Crippen LogP contribution in [0.1, 0.15) is 342 Å². The number of carbonyl (C=O) groups is 3. The standard InChI is InChI=1S/C75H130O6/c1-4-7-10-13-16-19-22-25-28-30-32-34-35-36-37-38-39-41-42-44-47-50-53-56-59-62-65-68-74(77)80-71-72(70-79-73(76)67-64-61-58-55-52-49-46-27-24-21-18-15-12-9-6-3)81-75(78)69-66-63-60-57-54-51-48-45-43-40-33-31-29-26-23-20-17-14-11-8-5-2/h9,12,18,21-22,25,27,30,32,35-36,46,52,55,61,64,72H,4-8,10-11,13-17,19-20,23-24,26,28-29,31,33-34,37-45,47-51,53-54,56-60,62-63,65-71H2,1-3H3/b12-9-,21-18-,25-22-,32-30-,36-35-,46-27-,55-52-,64-61-. The van der Waals surface area contributed by atoms with Crippen molar-refractivity contribution in [3.05, 3.63) is 97.2 Å².